The molecule has 0 saturated carbocycles. The third-order valence-electron chi connectivity index (χ3n) is 5.80. The monoisotopic (exact) mass is 486 g/mol. The van der Waals surface area contributed by atoms with E-state index in [-0.39, 0.29) is 29.2 Å². The van der Waals surface area contributed by atoms with Crippen LogP contribution in [0.4, 0.5) is 10.5 Å². The molecule has 3 aromatic rings. The molecule has 1 fully saturated rings. The van der Waals surface area contributed by atoms with Gasteiger partial charge >= 0.3 is 12.0 Å². The number of rotatable bonds is 5. The van der Waals surface area contributed by atoms with Gasteiger partial charge in [-0.3, -0.25) is 0 Å². The second-order valence-corrected chi connectivity index (χ2v) is 9.64. The van der Waals surface area contributed by atoms with Crippen LogP contribution >= 0.6 is 0 Å². The molecule has 1 aliphatic rings. The molecule has 1 aromatic heterocycles. The summed E-state index contributed by atoms with van der Waals surface area (Å²) in [6.45, 7) is 4.75. The molecule has 4 rings (SSSR count). The number of sulfonamides is 1. The van der Waals surface area contributed by atoms with E-state index in [2.05, 4.69) is 0 Å². The zero-order valence-corrected chi connectivity index (χ0v) is 20.1. The number of furan rings is 1. The lowest BCUT2D eigenvalue weighted by molar-refractivity contribution is 0.0557. The highest BCUT2D eigenvalue weighted by atomic mass is 32.2. The molecule has 0 radical (unpaired) electrons. The lowest BCUT2D eigenvalue weighted by Crippen LogP contribution is -2.50. The second-order valence-electron chi connectivity index (χ2n) is 7.85. The number of benzene rings is 2. The van der Waals surface area contributed by atoms with Crippen LogP contribution in [0.1, 0.15) is 28.6 Å². The van der Waals surface area contributed by atoms with E-state index in [9.17, 15) is 18.0 Å². The first kappa shape index (κ1) is 23.8. The van der Waals surface area contributed by atoms with Crippen molar-refractivity contribution < 1.29 is 31.9 Å². The molecule has 2 aromatic carbocycles. The smallest absolute Gasteiger partial charge is 0.342 e. The number of urea groups is 1. The van der Waals surface area contributed by atoms with Crippen LogP contribution < -0.4 is 4.31 Å². The molecule has 0 aliphatic carbocycles. The Kier molecular flexibility index (Phi) is 6.63. The predicted molar refractivity (Wildman–Crippen MR) is 126 cm³/mol. The molecule has 0 N–H and O–H groups in total. The molecule has 2 heterocycles. The highest BCUT2D eigenvalue weighted by molar-refractivity contribution is 7.93. The summed E-state index contributed by atoms with van der Waals surface area (Å²) >= 11 is 0. The van der Waals surface area contributed by atoms with Crippen molar-refractivity contribution in [1.29, 1.82) is 0 Å². The fourth-order valence-electron chi connectivity index (χ4n) is 3.93. The number of esters is 1. The number of methoxy groups -OCH3 is 1. The maximum absolute atomic E-state index is 13.8. The van der Waals surface area contributed by atoms with E-state index < -0.39 is 22.0 Å². The lowest BCUT2D eigenvalue weighted by atomic mass is 10.1. The molecule has 9 nitrogen and oxygen atoms in total. The van der Waals surface area contributed by atoms with E-state index in [1.807, 2.05) is 6.92 Å². The molecule has 34 heavy (non-hydrogen) atoms. The summed E-state index contributed by atoms with van der Waals surface area (Å²) in [5, 5.41) is 0.359. The first-order chi connectivity index (χ1) is 16.3. The average Bonchev–Trinajstić information content (AvgIpc) is 3.19. The van der Waals surface area contributed by atoms with Crippen LogP contribution in [0, 0.1) is 6.92 Å². The van der Waals surface area contributed by atoms with E-state index in [1.165, 1.54) is 36.3 Å². The molecule has 0 bridgehead atoms. The predicted octanol–water partition coefficient (Wildman–Crippen LogP) is 3.74. The molecule has 0 spiro atoms. The van der Waals surface area contributed by atoms with Crippen LogP contribution in [-0.4, -0.2) is 58.7 Å². The van der Waals surface area contributed by atoms with E-state index in [1.54, 1.807) is 25.1 Å². The number of hydrogen-bond donors (Lipinski definition) is 0. The van der Waals surface area contributed by atoms with Crippen LogP contribution in [-0.2, 0) is 25.9 Å². The van der Waals surface area contributed by atoms with Gasteiger partial charge in [-0.15, -0.1) is 0 Å². The Bertz CT molecular complexity index is 1320. The number of ether oxygens (including phenoxy) is 2. The Morgan fingerprint density at radius 3 is 2.38 bits per heavy atom. The maximum atomic E-state index is 13.8. The Balaban J connectivity index is 1.87. The number of carbonyl (C=O) groups is 2. The van der Waals surface area contributed by atoms with Gasteiger partial charge in [-0.1, -0.05) is 19.1 Å². The van der Waals surface area contributed by atoms with Gasteiger partial charge in [-0.25, -0.2) is 18.0 Å². The van der Waals surface area contributed by atoms with Crippen molar-refractivity contribution >= 4 is 38.7 Å². The number of fused-ring (bicyclic) bond motifs is 1. The van der Waals surface area contributed by atoms with Gasteiger partial charge < -0.3 is 18.8 Å². The van der Waals surface area contributed by atoms with E-state index in [0.717, 1.165) is 16.3 Å². The fraction of sp³-hybridized carbons (Fsp3) is 0.333. The minimum atomic E-state index is -4.27. The van der Waals surface area contributed by atoms with Gasteiger partial charge in [0.1, 0.15) is 16.9 Å². The van der Waals surface area contributed by atoms with Crippen LogP contribution in [0.3, 0.4) is 0 Å². The first-order valence-electron chi connectivity index (χ1n) is 10.9. The summed E-state index contributed by atoms with van der Waals surface area (Å²) in [6.07, 6.45) is 0.754. The lowest BCUT2D eigenvalue weighted by Gasteiger charge is -2.32. The summed E-state index contributed by atoms with van der Waals surface area (Å²) in [6, 6.07) is 10.2. The van der Waals surface area contributed by atoms with Crippen LogP contribution in [0.15, 0.2) is 51.8 Å². The SMILES string of the molecule is CCc1ccc(S(=O)(=O)N(C(=O)N2CCOCC2)c2ccc3oc(C)c(C(=O)OC)c3c2)cc1. The highest BCUT2D eigenvalue weighted by Gasteiger charge is 2.35. The summed E-state index contributed by atoms with van der Waals surface area (Å²) < 4.78 is 44.1. The zero-order valence-electron chi connectivity index (χ0n) is 19.2. The Morgan fingerprint density at radius 2 is 1.76 bits per heavy atom. The summed E-state index contributed by atoms with van der Waals surface area (Å²) in [4.78, 5) is 27.3. The van der Waals surface area contributed by atoms with Crippen molar-refractivity contribution in [2.24, 2.45) is 0 Å². The van der Waals surface area contributed by atoms with E-state index in [0.29, 0.717) is 29.9 Å². The molecular weight excluding hydrogens is 460 g/mol. The summed E-state index contributed by atoms with van der Waals surface area (Å²) in [5.41, 5.74) is 1.63. The van der Waals surface area contributed by atoms with Gasteiger partial charge in [0.2, 0.25) is 0 Å². The molecule has 2 amide bonds. The van der Waals surface area contributed by atoms with Gasteiger partial charge in [0.15, 0.2) is 0 Å². The second kappa shape index (κ2) is 9.47. The normalized spacial score (nSPS) is 14.3. The average molecular weight is 487 g/mol. The number of aryl methyl sites for hydroxylation is 2. The minimum Gasteiger partial charge on any atom is -0.465 e. The largest absolute Gasteiger partial charge is 0.465 e. The first-order valence-corrected chi connectivity index (χ1v) is 12.3. The van der Waals surface area contributed by atoms with Crippen LogP contribution in [0.5, 0.6) is 0 Å². The summed E-state index contributed by atoms with van der Waals surface area (Å²) in [5.74, 6) is -0.277. The number of hydrogen-bond acceptors (Lipinski definition) is 7. The number of amides is 2. The van der Waals surface area contributed by atoms with Crippen molar-refractivity contribution in [1.82, 2.24) is 4.90 Å². The molecule has 1 aliphatic heterocycles. The number of nitrogens with zero attached hydrogens (tertiary/aromatic N) is 2. The van der Waals surface area contributed by atoms with Gasteiger partial charge in [0, 0.05) is 18.5 Å². The number of morpholine rings is 1. The van der Waals surface area contributed by atoms with E-state index >= 15 is 0 Å². The zero-order chi connectivity index (χ0) is 24.5. The summed E-state index contributed by atoms with van der Waals surface area (Å²) in [7, 11) is -3.02. The Labute approximate surface area is 197 Å². The van der Waals surface area contributed by atoms with Crippen LogP contribution in [0.2, 0.25) is 0 Å². The minimum absolute atomic E-state index is 0.0111. The third-order valence-corrected chi connectivity index (χ3v) is 7.51. The molecule has 0 unspecified atom stereocenters. The molecule has 0 atom stereocenters. The van der Waals surface area contributed by atoms with E-state index in [4.69, 9.17) is 13.9 Å². The highest BCUT2D eigenvalue weighted by Crippen LogP contribution is 2.33. The Morgan fingerprint density at radius 1 is 1.09 bits per heavy atom. The fourth-order valence-corrected chi connectivity index (χ4v) is 5.33. The van der Waals surface area contributed by atoms with Crippen molar-refractivity contribution in [3.05, 3.63) is 59.4 Å². The van der Waals surface area contributed by atoms with Crippen LogP contribution in [0.25, 0.3) is 11.0 Å². The molecule has 180 valence electrons. The van der Waals surface area contributed by atoms with Gasteiger partial charge in [-0.05, 0) is 49.2 Å². The third kappa shape index (κ3) is 4.26. The van der Waals surface area contributed by atoms with Crippen molar-refractivity contribution in [2.45, 2.75) is 25.2 Å². The number of anilines is 1. The van der Waals surface area contributed by atoms with Gasteiger partial charge in [0.25, 0.3) is 10.0 Å². The van der Waals surface area contributed by atoms with Gasteiger partial charge in [-0.2, -0.15) is 4.31 Å². The molecular formula is C24H26N2O7S. The van der Waals surface area contributed by atoms with Crippen molar-refractivity contribution in [3.63, 3.8) is 0 Å². The van der Waals surface area contributed by atoms with Crippen molar-refractivity contribution in [2.75, 3.05) is 37.7 Å². The standard InChI is InChI=1S/C24H26N2O7S/c1-4-17-5-8-19(9-6-17)34(29,30)26(24(28)25-11-13-32-14-12-25)18-7-10-21-20(15-18)22(16(2)33-21)23(27)31-3/h5-10,15H,4,11-14H2,1-3H3. The quantitative estimate of drug-likeness (QED) is 0.506. The number of carbonyl (C=O) groups excluding carboxylic acids is 2. The molecule has 10 heteroatoms. The van der Waals surface area contributed by atoms with Gasteiger partial charge in [0.05, 0.1) is 30.9 Å². The van der Waals surface area contributed by atoms with Crippen molar-refractivity contribution in [3.8, 4) is 0 Å². The molecule has 1 saturated heterocycles. The maximum Gasteiger partial charge on any atom is 0.342 e. The topological polar surface area (TPSA) is 106 Å². The Hall–Kier alpha value is -3.37.